The van der Waals surface area contributed by atoms with Gasteiger partial charge in [-0.1, -0.05) is 267 Å². The predicted octanol–water partition coefficient (Wildman–Crippen LogP) is 22.4. The highest BCUT2D eigenvalue weighted by Crippen LogP contribution is 2.60. The second kappa shape index (κ2) is 23.3. The van der Waals surface area contributed by atoms with E-state index in [0.717, 1.165) is 88.7 Å². The molecular weight excluding hydrogens is 1140 g/mol. The molecule has 0 N–H and O–H groups in total. The minimum absolute atomic E-state index is 0.521. The number of rotatable bonds is 11. The van der Waals surface area contributed by atoms with Crippen LogP contribution >= 0.6 is 0 Å². The molecular formula is C88H62N6. The molecule has 3 aliphatic rings. The second-order valence-electron chi connectivity index (χ2n) is 25.7. The molecule has 444 valence electrons. The number of hydrogen-bond donors (Lipinski definition) is 0. The summed E-state index contributed by atoms with van der Waals surface area (Å²) in [7, 11) is 0. The van der Waals surface area contributed by atoms with Crippen molar-refractivity contribution < 1.29 is 0 Å². The van der Waals surface area contributed by atoms with Crippen LogP contribution in [0.2, 0.25) is 0 Å². The Labute approximate surface area is 547 Å². The van der Waals surface area contributed by atoms with Crippen LogP contribution in [-0.2, 0) is 0 Å². The molecule has 2 heterocycles. The van der Waals surface area contributed by atoms with Crippen molar-refractivity contribution in [2.45, 2.75) is 37.5 Å². The third kappa shape index (κ3) is 10.2. The fourth-order valence-electron chi connectivity index (χ4n) is 15.7. The van der Waals surface area contributed by atoms with Gasteiger partial charge in [-0.05, 0) is 185 Å². The van der Waals surface area contributed by atoms with Crippen LogP contribution in [0.3, 0.4) is 0 Å². The van der Waals surface area contributed by atoms with Gasteiger partial charge in [0.15, 0.2) is 34.9 Å². The summed E-state index contributed by atoms with van der Waals surface area (Å²) in [5.74, 6) is 6.37. The van der Waals surface area contributed by atoms with Crippen molar-refractivity contribution in [3.05, 3.63) is 314 Å². The van der Waals surface area contributed by atoms with Crippen LogP contribution in [0.15, 0.2) is 303 Å². The quantitative estimate of drug-likeness (QED) is 0.128. The highest BCUT2D eigenvalue weighted by atomic mass is 15.0. The molecule has 0 saturated heterocycles. The Morgan fingerprint density at radius 2 is 0.596 bits per heavy atom. The molecule has 4 unspecified atom stereocenters. The topological polar surface area (TPSA) is 77.3 Å². The number of aromatic nitrogens is 6. The van der Waals surface area contributed by atoms with Gasteiger partial charge in [-0.15, -0.1) is 0 Å². The zero-order valence-corrected chi connectivity index (χ0v) is 51.7. The summed E-state index contributed by atoms with van der Waals surface area (Å²) in [5.41, 5.74) is 23.2. The first-order valence-electron chi connectivity index (χ1n) is 32.9. The van der Waals surface area contributed by atoms with Crippen LogP contribution < -0.4 is 0 Å². The van der Waals surface area contributed by atoms with Gasteiger partial charge in [-0.3, -0.25) is 0 Å². The van der Waals surface area contributed by atoms with Crippen molar-refractivity contribution in [2.75, 3.05) is 0 Å². The molecule has 4 atom stereocenters. The summed E-state index contributed by atoms with van der Waals surface area (Å²) in [5, 5.41) is 4.50. The SMILES string of the molecule is c1ccc(-c2nc(-c3cccc(-c4cccc(-c5cccc(-c6ccc7c(c6)-c6c(-c8cccc(-c9cccc(-c%10nc(-c%11ccccc%11)nc(-c%11cccc%12ccccc%11%12)n%10)c9)c8)cccc6C6CC8CC(C6)C7C8)c5)c4)c3)nc(-c3cccc4ccccc34)n2)cc1. The minimum atomic E-state index is 0.521. The highest BCUT2D eigenvalue weighted by Gasteiger charge is 2.45. The van der Waals surface area contributed by atoms with Crippen molar-refractivity contribution in [1.29, 1.82) is 0 Å². The van der Waals surface area contributed by atoms with Crippen molar-refractivity contribution in [3.8, 4) is 135 Å². The van der Waals surface area contributed by atoms with E-state index in [1.54, 1.807) is 0 Å². The van der Waals surface area contributed by atoms with Crippen molar-refractivity contribution in [3.63, 3.8) is 0 Å². The van der Waals surface area contributed by atoms with E-state index in [1.807, 2.05) is 36.4 Å². The first-order chi connectivity index (χ1) is 46.5. The third-order valence-electron chi connectivity index (χ3n) is 20.1. The van der Waals surface area contributed by atoms with E-state index in [-0.39, 0.29) is 0 Å². The monoisotopic (exact) mass is 1200 g/mol. The average molecular weight is 1200 g/mol. The molecule has 0 amide bonds. The zero-order valence-electron chi connectivity index (χ0n) is 51.7. The lowest BCUT2D eigenvalue weighted by Crippen LogP contribution is -2.19. The van der Waals surface area contributed by atoms with E-state index in [2.05, 4.69) is 267 Å². The fourth-order valence-corrected chi connectivity index (χ4v) is 15.7. The average Bonchev–Trinajstić information content (AvgIpc) is 1.48. The molecule has 6 heteroatoms. The van der Waals surface area contributed by atoms with Gasteiger partial charge in [0, 0.05) is 33.4 Å². The minimum Gasteiger partial charge on any atom is -0.208 e. The molecule has 0 aliphatic heterocycles. The molecule has 94 heavy (non-hydrogen) atoms. The summed E-state index contributed by atoms with van der Waals surface area (Å²) < 4.78 is 0. The smallest absolute Gasteiger partial charge is 0.164 e. The second-order valence-corrected chi connectivity index (χ2v) is 25.7. The molecule has 2 aromatic heterocycles. The molecule has 3 bridgehead atoms. The van der Waals surface area contributed by atoms with Gasteiger partial charge in [0.05, 0.1) is 0 Å². The fraction of sp³-hybridized carbons (Fsp3) is 0.0909. The normalized spacial score (nSPS) is 16.1. The van der Waals surface area contributed by atoms with E-state index in [9.17, 15) is 0 Å². The van der Waals surface area contributed by atoms with Crippen LogP contribution in [0, 0.1) is 11.8 Å². The molecule has 15 aromatic rings. The Morgan fingerprint density at radius 1 is 0.223 bits per heavy atom. The van der Waals surface area contributed by atoms with Gasteiger partial charge < -0.3 is 0 Å². The number of nitrogens with zero attached hydrogens (tertiary/aromatic N) is 6. The molecule has 0 spiro atoms. The van der Waals surface area contributed by atoms with Crippen molar-refractivity contribution >= 4 is 21.5 Å². The summed E-state index contributed by atoms with van der Waals surface area (Å²) >= 11 is 0. The Kier molecular flexibility index (Phi) is 13.7. The molecule has 2 saturated carbocycles. The lowest BCUT2D eigenvalue weighted by Gasteiger charge is -2.35. The van der Waals surface area contributed by atoms with E-state index in [0.29, 0.717) is 52.7 Å². The predicted molar refractivity (Wildman–Crippen MR) is 384 cm³/mol. The summed E-state index contributed by atoms with van der Waals surface area (Å²) in [4.78, 5) is 31.0. The summed E-state index contributed by atoms with van der Waals surface area (Å²) in [6.07, 6.45) is 5.12. The number of benzene rings is 13. The highest BCUT2D eigenvalue weighted by molar-refractivity contribution is 5.97. The van der Waals surface area contributed by atoms with Gasteiger partial charge in [0.1, 0.15) is 0 Å². The molecule has 2 fully saturated rings. The first-order valence-corrected chi connectivity index (χ1v) is 32.9. The van der Waals surface area contributed by atoms with E-state index in [1.165, 1.54) is 75.8 Å². The number of fused-ring (bicyclic) bond motifs is 9. The van der Waals surface area contributed by atoms with Crippen LogP contribution in [-0.4, -0.2) is 29.9 Å². The Morgan fingerprint density at radius 3 is 1.12 bits per heavy atom. The molecule has 13 aromatic carbocycles. The van der Waals surface area contributed by atoms with Gasteiger partial charge >= 0.3 is 0 Å². The maximum Gasteiger partial charge on any atom is 0.164 e. The maximum absolute atomic E-state index is 5.24. The molecule has 6 nitrogen and oxygen atoms in total. The van der Waals surface area contributed by atoms with Crippen LogP contribution in [0.25, 0.3) is 157 Å². The molecule has 0 radical (unpaired) electrons. The largest absolute Gasteiger partial charge is 0.208 e. The third-order valence-corrected chi connectivity index (χ3v) is 20.1. The van der Waals surface area contributed by atoms with E-state index in [4.69, 9.17) is 29.9 Å². The van der Waals surface area contributed by atoms with Gasteiger partial charge in [0.2, 0.25) is 0 Å². The van der Waals surface area contributed by atoms with Gasteiger partial charge in [0.25, 0.3) is 0 Å². The number of hydrogen-bond acceptors (Lipinski definition) is 6. The lowest BCUT2D eigenvalue weighted by atomic mass is 9.69. The van der Waals surface area contributed by atoms with Gasteiger partial charge in [-0.2, -0.15) is 0 Å². The van der Waals surface area contributed by atoms with E-state index >= 15 is 0 Å². The van der Waals surface area contributed by atoms with Gasteiger partial charge in [-0.25, -0.2) is 29.9 Å². The van der Waals surface area contributed by atoms with Crippen molar-refractivity contribution in [2.24, 2.45) is 11.8 Å². The maximum atomic E-state index is 5.24. The molecule has 18 rings (SSSR count). The summed E-state index contributed by atoms with van der Waals surface area (Å²) in [6.45, 7) is 0. The lowest BCUT2D eigenvalue weighted by molar-refractivity contribution is 0.312. The Hall–Kier alpha value is -11.6. The van der Waals surface area contributed by atoms with Crippen LogP contribution in [0.5, 0.6) is 0 Å². The first kappa shape index (κ1) is 55.3. The standard InChI is InChI=1S/C88H62N6/c1-3-21-58(22-4-1)83-89-85(93-87(91-83)78-41-16-25-56-19-7-9-37-73(56)78)69-35-14-32-65(51-69)62-29-11-27-60(48-62)61-28-12-30-63(49-61)67-43-44-77-80-47-55-45-71(53-72(80)46-55)76-40-18-39-75(82(76)81(77)54-67)68-34-13-31-64(50-68)66-33-15-36-70(52-66)86-90-84(59-23-5-2-6-24-59)92-88(94-86)79-42-17-26-57-20-8-10-38-74(57)79/h1-44,48-52,54-55,71-72,80H,45-47,53H2. The molecule has 3 aliphatic carbocycles. The zero-order chi connectivity index (χ0) is 62.1. The van der Waals surface area contributed by atoms with Crippen LogP contribution in [0.1, 0.15) is 48.6 Å². The Balaban J connectivity index is 0.693. The van der Waals surface area contributed by atoms with E-state index < -0.39 is 0 Å². The summed E-state index contributed by atoms with van der Waals surface area (Å²) in [6, 6.07) is 109. The Bertz CT molecular complexity index is 5440. The van der Waals surface area contributed by atoms with Crippen LogP contribution in [0.4, 0.5) is 0 Å². The van der Waals surface area contributed by atoms with Crippen molar-refractivity contribution in [1.82, 2.24) is 29.9 Å².